The highest BCUT2D eigenvalue weighted by molar-refractivity contribution is 5.93. The third-order valence-corrected chi connectivity index (χ3v) is 5.79. The summed E-state index contributed by atoms with van der Waals surface area (Å²) < 4.78 is 0. The number of aliphatic carboxylic acids is 1. The molecule has 0 amide bonds. The number of nitrogens with one attached hydrogen (secondary N) is 1. The molecule has 2 aliphatic heterocycles. The third kappa shape index (κ3) is 1.84. The first-order valence-corrected chi connectivity index (χ1v) is 8.21. The fraction of sp³-hybridized carbons (Fsp3) is 0.471. The molecule has 126 valence electrons. The molecule has 0 saturated carbocycles. The van der Waals surface area contributed by atoms with E-state index in [1.54, 1.807) is 6.07 Å². The first-order valence-electron chi connectivity index (χ1n) is 8.21. The number of aromatic amines is 1. The summed E-state index contributed by atoms with van der Waals surface area (Å²) >= 11 is 0. The first-order chi connectivity index (χ1) is 11.4. The van der Waals surface area contributed by atoms with Crippen molar-refractivity contribution >= 4 is 22.6 Å². The van der Waals surface area contributed by atoms with Gasteiger partial charge in [-0.3, -0.25) is 19.8 Å². The number of rotatable bonds is 2. The molecule has 24 heavy (non-hydrogen) atoms. The van der Waals surface area contributed by atoms with Gasteiger partial charge in [-0.15, -0.1) is 0 Å². The zero-order valence-corrected chi connectivity index (χ0v) is 13.4. The Labute approximate surface area is 138 Å². The molecule has 4 rings (SSSR count). The zero-order valence-electron chi connectivity index (χ0n) is 13.4. The molecule has 0 aliphatic carbocycles. The van der Waals surface area contributed by atoms with Crippen LogP contribution in [0.3, 0.4) is 0 Å². The van der Waals surface area contributed by atoms with Gasteiger partial charge in [-0.25, -0.2) is 0 Å². The maximum atomic E-state index is 11.9. The Morgan fingerprint density at radius 3 is 2.96 bits per heavy atom. The van der Waals surface area contributed by atoms with Crippen LogP contribution in [-0.2, 0) is 16.8 Å². The predicted octanol–water partition coefficient (Wildman–Crippen LogP) is 2.64. The quantitative estimate of drug-likeness (QED) is 0.652. The van der Waals surface area contributed by atoms with Gasteiger partial charge in [-0.1, -0.05) is 6.07 Å². The SMILES string of the molecule is CC12c3[nH]c4cccc([N+](=O)[O-])c4c3CCN1CCCC2C(=O)O. The van der Waals surface area contributed by atoms with E-state index in [0.717, 1.165) is 30.8 Å². The van der Waals surface area contributed by atoms with Crippen LogP contribution >= 0.6 is 0 Å². The van der Waals surface area contributed by atoms with Gasteiger partial charge in [0.1, 0.15) is 0 Å². The normalized spacial score (nSPS) is 26.8. The lowest BCUT2D eigenvalue weighted by Gasteiger charge is -2.51. The van der Waals surface area contributed by atoms with E-state index in [-0.39, 0.29) is 10.6 Å². The lowest BCUT2D eigenvalue weighted by Crippen LogP contribution is -2.58. The number of carbonyl (C=O) groups is 1. The molecular weight excluding hydrogens is 310 g/mol. The van der Waals surface area contributed by atoms with Gasteiger partial charge in [0, 0.05) is 18.3 Å². The number of nitrogens with zero attached hydrogens (tertiary/aromatic N) is 2. The number of aromatic nitrogens is 1. The summed E-state index contributed by atoms with van der Waals surface area (Å²) in [5, 5.41) is 21.8. The van der Waals surface area contributed by atoms with Gasteiger partial charge in [-0.2, -0.15) is 0 Å². The fourth-order valence-corrected chi connectivity index (χ4v) is 4.64. The van der Waals surface area contributed by atoms with Crippen LogP contribution in [0.5, 0.6) is 0 Å². The van der Waals surface area contributed by atoms with E-state index in [1.165, 1.54) is 6.07 Å². The highest BCUT2D eigenvalue weighted by Crippen LogP contribution is 2.48. The van der Waals surface area contributed by atoms with E-state index < -0.39 is 17.4 Å². The summed E-state index contributed by atoms with van der Waals surface area (Å²) in [6, 6.07) is 5.01. The number of benzene rings is 1. The van der Waals surface area contributed by atoms with E-state index in [2.05, 4.69) is 9.88 Å². The number of fused-ring (bicyclic) bond motifs is 5. The summed E-state index contributed by atoms with van der Waals surface area (Å²) in [6.07, 6.45) is 2.18. The number of nitro benzene ring substituents is 1. The van der Waals surface area contributed by atoms with Crippen LogP contribution in [0.15, 0.2) is 18.2 Å². The van der Waals surface area contributed by atoms with Crippen molar-refractivity contribution in [3.05, 3.63) is 39.6 Å². The summed E-state index contributed by atoms with van der Waals surface area (Å²) in [5.41, 5.74) is 1.90. The van der Waals surface area contributed by atoms with Crippen LogP contribution in [-0.4, -0.2) is 39.0 Å². The molecule has 3 heterocycles. The molecule has 0 bridgehead atoms. The number of piperidine rings is 1. The maximum Gasteiger partial charge on any atom is 0.308 e. The van der Waals surface area contributed by atoms with Gasteiger partial charge in [0.05, 0.1) is 27.3 Å². The van der Waals surface area contributed by atoms with Crippen LogP contribution in [0.4, 0.5) is 5.69 Å². The van der Waals surface area contributed by atoms with E-state index in [9.17, 15) is 20.0 Å². The fourth-order valence-electron chi connectivity index (χ4n) is 4.64. The second kappa shape index (κ2) is 5.04. The molecule has 2 aromatic rings. The molecule has 1 aromatic carbocycles. The van der Waals surface area contributed by atoms with Gasteiger partial charge in [0.2, 0.25) is 0 Å². The molecule has 7 nitrogen and oxygen atoms in total. The Bertz CT molecular complexity index is 859. The highest BCUT2D eigenvalue weighted by atomic mass is 16.6. The largest absolute Gasteiger partial charge is 0.481 e. The number of H-pyrrole nitrogens is 1. The Morgan fingerprint density at radius 1 is 1.46 bits per heavy atom. The Morgan fingerprint density at radius 2 is 2.25 bits per heavy atom. The minimum absolute atomic E-state index is 0.0877. The lowest BCUT2D eigenvalue weighted by molar-refractivity contribution is -0.383. The van der Waals surface area contributed by atoms with Gasteiger partial charge >= 0.3 is 5.97 Å². The van der Waals surface area contributed by atoms with E-state index in [0.29, 0.717) is 23.7 Å². The van der Waals surface area contributed by atoms with Crippen molar-refractivity contribution in [2.45, 2.75) is 31.7 Å². The van der Waals surface area contributed by atoms with Crippen LogP contribution in [0, 0.1) is 16.0 Å². The molecule has 7 heteroatoms. The van der Waals surface area contributed by atoms with Crippen molar-refractivity contribution in [2.75, 3.05) is 13.1 Å². The minimum Gasteiger partial charge on any atom is -0.481 e. The van der Waals surface area contributed by atoms with E-state index in [1.807, 2.05) is 13.0 Å². The highest BCUT2D eigenvalue weighted by Gasteiger charge is 2.51. The molecule has 1 fully saturated rings. The Kier molecular flexibility index (Phi) is 3.18. The molecule has 2 atom stereocenters. The van der Waals surface area contributed by atoms with Crippen molar-refractivity contribution in [3.63, 3.8) is 0 Å². The minimum atomic E-state index is -0.803. The average molecular weight is 329 g/mol. The second-order valence-electron chi connectivity index (χ2n) is 6.85. The van der Waals surface area contributed by atoms with Crippen LogP contribution in [0.25, 0.3) is 10.9 Å². The number of non-ortho nitro benzene ring substituents is 1. The molecule has 1 saturated heterocycles. The number of carboxylic acids is 1. The molecule has 0 spiro atoms. The maximum absolute atomic E-state index is 11.9. The van der Waals surface area contributed by atoms with Gasteiger partial charge in [-0.05, 0) is 44.4 Å². The third-order valence-electron chi connectivity index (χ3n) is 5.79. The monoisotopic (exact) mass is 329 g/mol. The summed E-state index contributed by atoms with van der Waals surface area (Å²) in [5.74, 6) is -1.32. The van der Waals surface area contributed by atoms with E-state index in [4.69, 9.17) is 0 Å². The van der Waals surface area contributed by atoms with E-state index >= 15 is 0 Å². The Balaban J connectivity index is 2.00. The van der Waals surface area contributed by atoms with Crippen molar-refractivity contribution in [2.24, 2.45) is 5.92 Å². The molecule has 2 unspecified atom stereocenters. The molecular formula is C17H19N3O4. The predicted molar refractivity (Wildman–Crippen MR) is 87.9 cm³/mol. The number of hydrogen-bond acceptors (Lipinski definition) is 4. The van der Waals surface area contributed by atoms with Gasteiger partial charge in [0.25, 0.3) is 5.69 Å². The van der Waals surface area contributed by atoms with Gasteiger partial charge in [0.15, 0.2) is 0 Å². The molecule has 2 aliphatic rings. The molecule has 1 aromatic heterocycles. The van der Waals surface area contributed by atoms with Crippen molar-refractivity contribution in [1.82, 2.24) is 9.88 Å². The van der Waals surface area contributed by atoms with Crippen LogP contribution in [0.1, 0.15) is 31.0 Å². The first kappa shape index (κ1) is 15.1. The number of carboxylic acid groups (broad SMARTS) is 1. The summed E-state index contributed by atoms with van der Waals surface area (Å²) in [7, 11) is 0. The molecule has 2 N–H and O–H groups in total. The van der Waals surface area contributed by atoms with Crippen LogP contribution < -0.4 is 0 Å². The standard InChI is InChI=1S/C17H19N3O4/c1-17-11(16(21)22)4-3-8-19(17)9-7-10-14-12(18-15(10)17)5-2-6-13(14)20(23)24/h2,5-6,11,18H,3-4,7-9H2,1H3,(H,21,22). The smallest absolute Gasteiger partial charge is 0.308 e. The van der Waals surface area contributed by atoms with Crippen molar-refractivity contribution < 1.29 is 14.8 Å². The van der Waals surface area contributed by atoms with Crippen molar-refractivity contribution in [1.29, 1.82) is 0 Å². The molecule has 0 radical (unpaired) electrons. The van der Waals surface area contributed by atoms with Crippen molar-refractivity contribution in [3.8, 4) is 0 Å². The number of hydrogen-bond donors (Lipinski definition) is 2. The average Bonchev–Trinajstić information content (AvgIpc) is 2.93. The topological polar surface area (TPSA) is 99.5 Å². The van der Waals surface area contributed by atoms with Gasteiger partial charge < -0.3 is 10.1 Å². The Hall–Kier alpha value is -2.41. The second-order valence-corrected chi connectivity index (χ2v) is 6.85. The summed E-state index contributed by atoms with van der Waals surface area (Å²) in [4.78, 5) is 28.5. The lowest BCUT2D eigenvalue weighted by atomic mass is 9.72. The van der Waals surface area contributed by atoms with Crippen LogP contribution in [0.2, 0.25) is 0 Å². The number of nitro groups is 1. The zero-order chi connectivity index (χ0) is 17.1. The summed E-state index contributed by atoms with van der Waals surface area (Å²) in [6.45, 7) is 3.55.